The van der Waals surface area contributed by atoms with Gasteiger partial charge in [-0.25, -0.2) is 4.39 Å². The third-order valence-corrected chi connectivity index (χ3v) is 4.12. The molecular formula is C19H22FNO4. The van der Waals surface area contributed by atoms with Crippen LogP contribution in [0.2, 0.25) is 0 Å². The molecule has 25 heavy (non-hydrogen) atoms. The Morgan fingerprint density at radius 1 is 1.16 bits per heavy atom. The zero-order valence-electron chi connectivity index (χ0n) is 14.4. The van der Waals surface area contributed by atoms with Crippen LogP contribution in [0.5, 0.6) is 17.2 Å². The van der Waals surface area contributed by atoms with Gasteiger partial charge in [0.15, 0.2) is 18.3 Å². The average Bonchev–Trinajstić information content (AvgIpc) is 2.64. The van der Waals surface area contributed by atoms with Crippen LogP contribution in [0.25, 0.3) is 0 Å². The van der Waals surface area contributed by atoms with E-state index in [1.165, 1.54) is 12.1 Å². The van der Waals surface area contributed by atoms with E-state index < -0.39 is 0 Å². The molecule has 0 spiro atoms. The second-order valence-electron chi connectivity index (χ2n) is 5.74. The molecule has 134 valence electrons. The average molecular weight is 347 g/mol. The highest BCUT2D eigenvalue weighted by molar-refractivity contribution is 5.46. The minimum atomic E-state index is -0.266. The van der Waals surface area contributed by atoms with Crippen molar-refractivity contribution in [1.29, 1.82) is 0 Å². The van der Waals surface area contributed by atoms with Crippen molar-refractivity contribution in [2.75, 3.05) is 27.6 Å². The first-order chi connectivity index (χ1) is 12.2. The Morgan fingerprint density at radius 2 is 2.04 bits per heavy atom. The van der Waals surface area contributed by atoms with Crippen LogP contribution in [0.4, 0.5) is 4.39 Å². The van der Waals surface area contributed by atoms with Gasteiger partial charge in [-0.3, -0.25) is 0 Å². The van der Waals surface area contributed by atoms with E-state index in [1.54, 1.807) is 14.2 Å². The van der Waals surface area contributed by atoms with Crippen molar-refractivity contribution in [3.63, 3.8) is 0 Å². The standard InChI is InChI=1S/C19H22FNO4/c1-22-17-5-3-4-14(19(17)23-2)10-21-7-6-13-8-16(20)9-15-11-24-12-25-18(13)15/h3-5,8-9,21H,6-7,10-12H2,1-2H3. The van der Waals surface area contributed by atoms with Gasteiger partial charge in [0.1, 0.15) is 11.6 Å². The number of nitrogens with one attached hydrogen (secondary N) is 1. The minimum absolute atomic E-state index is 0.208. The van der Waals surface area contributed by atoms with E-state index in [2.05, 4.69) is 5.32 Å². The molecule has 0 saturated carbocycles. The minimum Gasteiger partial charge on any atom is -0.493 e. The molecule has 2 aromatic carbocycles. The quantitative estimate of drug-likeness (QED) is 0.780. The van der Waals surface area contributed by atoms with Crippen molar-refractivity contribution >= 4 is 0 Å². The number of halogens is 1. The molecule has 1 heterocycles. The fraction of sp³-hybridized carbons (Fsp3) is 0.368. The largest absolute Gasteiger partial charge is 0.493 e. The van der Waals surface area contributed by atoms with Crippen LogP contribution in [0, 0.1) is 5.82 Å². The first kappa shape index (κ1) is 17.5. The van der Waals surface area contributed by atoms with E-state index in [9.17, 15) is 4.39 Å². The van der Waals surface area contributed by atoms with E-state index in [4.69, 9.17) is 18.9 Å². The lowest BCUT2D eigenvalue weighted by molar-refractivity contribution is -0.0172. The summed E-state index contributed by atoms with van der Waals surface area (Å²) in [5.74, 6) is 1.90. The normalized spacial score (nSPS) is 13.1. The predicted octanol–water partition coefficient (Wildman–Crippen LogP) is 3.04. The summed E-state index contributed by atoms with van der Waals surface area (Å²) in [4.78, 5) is 0. The van der Waals surface area contributed by atoms with Crippen molar-refractivity contribution < 1.29 is 23.3 Å². The Morgan fingerprint density at radius 3 is 2.84 bits per heavy atom. The van der Waals surface area contributed by atoms with Gasteiger partial charge in [-0.05, 0) is 36.7 Å². The lowest BCUT2D eigenvalue weighted by Crippen LogP contribution is -2.19. The summed E-state index contributed by atoms with van der Waals surface area (Å²) in [6, 6.07) is 8.76. The van der Waals surface area contributed by atoms with Gasteiger partial charge in [0.05, 0.1) is 20.8 Å². The number of rotatable bonds is 7. The van der Waals surface area contributed by atoms with Crippen molar-refractivity contribution in [2.24, 2.45) is 0 Å². The molecular weight excluding hydrogens is 325 g/mol. The maximum Gasteiger partial charge on any atom is 0.189 e. The highest BCUT2D eigenvalue weighted by Gasteiger charge is 2.16. The van der Waals surface area contributed by atoms with E-state index in [-0.39, 0.29) is 12.6 Å². The maximum atomic E-state index is 13.7. The Labute approximate surface area is 146 Å². The van der Waals surface area contributed by atoms with Crippen LogP contribution in [0.3, 0.4) is 0 Å². The third kappa shape index (κ3) is 4.03. The van der Waals surface area contributed by atoms with Crippen LogP contribution < -0.4 is 19.5 Å². The number of para-hydroxylation sites is 1. The Balaban J connectivity index is 1.62. The van der Waals surface area contributed by atoms with Gasteiger partial charge in [0.25, 0.3) is 0 Å². The summed E-state index contributed by atoms with van der Waals surface area (Å²) in [5, 5.41) is 3.36. The first-order valence-electron chi connectivity index (χ1n) is 8.15. The van der Waals surface area contributed by atoms with Crippen LogP contribution in [-0.4, -0.2) is 27.6 Å². The van der Waals surface area contributed by atoms with E-state index in [0.29, 0.717) is 31.9 Å². The summed E-state index contributed by atoms with van der Waals surface area (Å²) in [6.07, 6.45) is 0.659. The van der Waals surface area contributed by atoms with Crippen molar-refractivity contribution in [1.82, 2.24) is 5.32 Å². The van der Waals surface area contributed by atoms with Gasteiger partial charge in [-0.2, -0.15) is 0 Å². The number of benzene rings is 2. The molecule has 0 unspecified atom stereocenters. The number of hydrogen-bond acceptors (Lipinski definition) is 5. The second-order valence-corrected chi connectivity index (χ2v) is 5.74. The predicted molar refractivity (Wildman–Crippen MR) is 91.6 cm³/mol. The molecule has 1 aliphatic heterocycles. The molecule has 2 aromatic rings. The lowest BCUT2D eigenvalue weighted by Gasteiger charge is -2.21. The van der Waals surface area contributed by atoms with Gasteiger partial charge in [0, 0.05) is 17.7 Å². The first-order valence-corrected chi connectivity index (χ1v) is 8.15. The third-order valence-electron chi connectivity index (χ3n) is 4.12. The summed E-state index contributed by atoms with van der Waals surface area (Å²) in [5.41, 5.74) is 2.62. The zero-order valence-corrected chi connectivity index (χ0v) is 14.4. The number of fused-ring (bicyclic) bond motifs is 1. The highest BCUT2D eigenvalue weighted by Crippen LogP contribution is 2.31. The Bertz CT molecular complexity index is 736. The van der Waals surface area contributed by atoms with Crippen LogP contribution in [0.15, 0.2) is 30.3 Å². The van der Waals surface area contributed by atoms with Crippen molar-refractivity contribution in [3.05, 3.63) is 52.8 Å². The molecule has 0 atom stereocenters. The van der Waals surface area contributed by atoms with Crippen LogP contribution in [0.1, 0.15) is 16.7 Å². The summed E-state index contributed by atoms with van der Waals surface area (Å²) in [7, 11) is 3.24. The zero-order chi connectivity index (χ0) is 17.6. The van der Waals surface area contributed by atoms with Gasteiger partial charge < -0.3 is 24.3 Å². The van der Waals surface area contributed by atoms with Gasteiger partial charge in [-0.15, -0.1) is 0 Å². The lowest BCUT2D eigenvalue weighted by atomic mass is 10.1. The molecule has 1 N–H and O–H groups in total. The molecule has 0 bridgehead atoms. The summed E-state index contributed by atoms with van der Waals surface area (Å²) < 4.78 is 35.2. The molecule has 6 heteroatoms. The topological polar surface area (TPSA) is 49.0 Å². The number of methoxy groups -OCH3 is 2. The molecule has 0 aromatic heterocycles. The summed E-state index contributed by atoms with van der Waals surface area (Å²) in [6.45, 7) is 1.90. The molecule has 0 radical (unpaired) electrons. The SMILES string of the molecule is COc1cccc(CNCCc2cc(F)cc3c2OCOC3)c1OC. The van der Waals surface area contributed by atoms with E-state index >= 15 is 0 Å². The molecule has 0 aliphatic carbocycles. The molecule has 0 fully saturated rings. The number of ether oxygens (including phenoxy) is 4. The summed E-state index contributed by atoms with van der Waals surface area (Å²) >= 11 is 0. The van der Waals surface area contributed by atoms with Gasteiger partial charge >= 0.3 is 0 Å². The fourth-order valence-electron chi connectivity index (χ4n) is 2.98. The second kappa shape index (κ2) is 8.18. The van der Waals surface area contributed by atoms with E-state index in [1.807, 2.05) is 18.2 Å². The molecule has 1 aliphatic rings. The monoisotopic (exact) mass is 347 g/mol. The highest BCUT2D eigenvalue weighted by atomic mass is 19.1. The Hall–Kier alpha value is -2.31. The molecule has 0 saturated heterocycles. The maximum absolute atomic E-state index is 13.7. The van der Waals surface area contributed by atoms with Crippen molar-refractivity contribution in [3.8, 4) is 17.2 Å². The molecule has 0 amide bonds. The smallest absolute Gasteiger partial charge is 0.189 e. The number of hydrogen-bond donors (Lipinski definition) is 1. The van der Waals surface area contributed by atoms with Gasteiger partial charge in [0.2, 0.25) is 0 Å². The molecule has 5 nitrogen and oxygen atoms in total. The van der Waals surface area contributed by atoms with E-state index in [0.717, 1.165) is 28.2 Å². The fourth-order valence-corrected chi connectivity index (χ4v) is 2.98. The molecule has 3 rings (SSSR count). The van der Waals surface area contributed by atoms with Crippen molar-refractivity contribution in [2.45, 2.75) is 19.6 Å². The van der Waals surface area contributed by atoms with Crippen LogP contribution >= 0.6 is 0 Å². The van der Waals surface area contributed by atoms with Crippen LogP contribution in [-0.2, 0) is 24.3 Å². The van der Waals surface area contributed by atoms with Gasteiger partial charge in [-0.1, -0.05) is 12.1 Å². The Kier molecular flexibility index (Phi) is 5.73.